The lowest BCUT2D eigenvalue weighted by molar-refractivity contribution is -0.138. The molecule has 1 spiro atoms. The number of aliphatic hydroxyl groups is 1. The summed E-state index contributed by atoms with van der Waals surface area (Å²) in [5.41, 5.74) is 1.04. The molecule has 136 valence electrons. The molecular weight excluding hydrogens is 344 g/mol. The van der Waals surface area contributed by atoms with Crippen LogP contribution in [0.3, 0.4) is 0 Å². The van der Waals surface area contributed by atoms with Gasteiger partial charge in [-0.25, -0.2) is 8.42 Å². The molecule has 0 aromatic heterocycles. The molecule has 0 bridgehead atoms. The molecule has 3 rings (SSSR count). The molecule has 0 aromatic carbocycles. The Morgan fingerprint density at radius 1 is 1.32 bits per heavy atom. The maximum atomic E-state index is 12.8. The van der Waals surface area contributed by atoms with Crippen LogP contribution >= 0.6 is 0 Å². The Balaban J connectivity index is 2.04. The molecule has 0 heterocycles. The first kappa shape index (κ1) is 18.1. The number of ether oxygens (including phenoxy) is 1. The smallest absolute Gasteiger partial charge is 0.320 e. The number of methoxy groups -OCH3 is 1. The zero-order valence-corrected chi connectivity index (χ0v) is 15.6. The highest BCUT2D eigenvalue weighted by molar-refractivity contribution is 7.92. The Hall–Kier alpha value is -1.73. The molecule has 0 aromatic rings. The number of esters is 1. The molecule has 0 amide bonds. The first-order valence-electron chi connectivity index (χ1n) is 8.15. The van der Waals surface area contributed by atoms with Gasteiger partial charge in [0.2, 0.25) is 0 Å². The van der Waals surface area contributed by atoms with E-state index in [0.29, 0.717) is 35.1 Å². The van der Waals surface area contributed by atoms with Crippen LogP contribution in [-0.2, 0) is 24.2 Å². The molecule has 0 saturated heterocycles. The summed E-state index contributed by atoms with van der Waals surface area (Å²) >= 11 is 0. The maximum absolute atomic E-state index is 12.8. The third-order valence-corrected chi connectivity index (χ3v) is 7.20. The number of fused-ring (bicyclic) bond motifs is 1. The Morgan fingerprint density at radius 3 is 2.44 bits per heavy atom. The van der Waals surface area contributed by atoms with Crippen LogP contribution in [-0.4, -0.2) is 49.5 Å². The van der Waals surface area contributed by atoms with E-state index in [4.69, 9.17) is 0 Å². The summed E-state index contributed by atoms with van der Waals surface area (Å²) in [7, 11) is -2.58. The molecule has 1 N–H and O–H groups in total. The van der Waals surface area contributed by atoms with Crippen LogP contribution in [0, 0.1) is 5.41 Å². The molecular formula is C18H22O6S. The van der Waals surface area contributed by atoms with Crippen LogP contribution < -0.4 is 0 Å². The van der Waals surface area contributed by atoms with Crippen LogP contribution in [0.4, 0.5) is 0 Å². The van der Waals surface area contributed by atoms with E-state index in [2.05, 4.69) is 4.74 Å². The van der Waals surface area contributed by atoms with Gasteiger partial charge in [-0.05, 0) is 56.4 Å². The topological polar surface area (TPSA) is 97.7 Å². The average molecular weight is 366 g/mol. The number of ketones is 1. The first-order valence-corrected chi connectivity index (χ1v) is 9.97. The zero-order chi connectivity index (χ0) is 18.8. The molecule has 0 unspecified atom stereocenters. The quantitative estimate of drug-likeness (QED) is 0.752. The number of allylic oxidation sites excluding steroid dienone is 3. The highest BCUT2D eigenvalue weighted by Gasteiger charge is 2.65. The molecule has 3 aliphatic rings. The van der Waals surface area contributed by atoms with E-state index in [1.54, 1.807) is 19.9 Å². The lowest BCUT2D eigenvalue weighted by Crippen LogP contribution is -2.49. The van der Waals surface area contributed by atoms with E-state index in [1.165, 1.54) is 0 Å². The molecule has 25 heavy (non-hydrogen) atoms. The van der Waals surface area contributed by atoms with Crippen molar-refractivity contribution in [1.29, 1.82) is 0 Å². The van der Waals surface area contributed by atoms with Crippen LogP contribution in [0.5, 0.6) is 0 Å². The predicted molar refractivity (Wildman–Crippen MR) is 91.5 cm³/mol. The largest absolute Gasteiger partial charge is 0.468 e. The molecule has 3 aliphatic carbocycles. The summed E-state index contributed by atoms with van der Waals surface area (Å²) in [4.78, 5) is 24.2. The Kier molecular flexibility index (Phi) is 3.89. The lowest BCUT2D eigenvalue weighted by Gasteiger charge is -2.39. The summed E-state index contributed by atoms with van der Waals surface area (Å²) in [6.07, 6.45) is 3.05. The third kappa shape index (κ3) is 2.52. The predicted octanol–water partition coefficient (Wildman–Crippen LogP) is 1.26. The van der Waals surface area contributed by atoms with Gasteiger partial charge in [0.1, 0.15) is 11.4 Å². The Labute approximate surface area is 147 Å². The number of sulfone groups is 1. The molecule has 1 saturated carbocycles. The summed E-state index contributed by atoms with van der Waals surface area (Å²) in [6, 6.07) is 0. The van der Waals surface area contributed by atoms with Gasteiger partial charge in [-0.3, -0.25) is 9.59 Å². The summed E-state index contributed by atoms with van der Waals surface area (Å²) in [5.74, 6) is -2.19. The molecule has 0 radical (unpaired) electrons. The number of hydrogen-bond acceptors (Lipinski definition) is 6. The third-order valence-electron chi connectivity index (χ3n) is 5.80. The number of Topliss-reactive ketones (excluding diaryl/α,β-unsaturated/α-hetero) is 1. The van der Waals surface area contributed by atoms with Gasteiger partial charge in [-0.15, -0.1) is 0 Å². The summed E-state index contributed by atoms with van der Waals surface area (Å²) < 4.78 is 29.2. The standard InChI is InChI=1S/C18H22O6S/c1-10-7-12-15(13(10)8-25(22,23)9-14(19)24-4)11(2)18(5-6-18)17(3,21)16(12)20/h7,21H,5-6,8-9H2,1-4H3/t17-/m0/s1. The van der Waals surface area contributed by atoms with Crippen LogP contribution in [0.25, 0.3) is 0 Å². The molecule has 6 nitrogen and oxygen atoms in total. The number of carbonyl (C=O) groups excluding carboxylic acids is 2. The second-order valence-corrected chi connectivity index (χ2v) is 9.38. The number of carbonyl (C=O) groups is 2. The highest BCUT2D eigenvalue weighted by atomic mass is 32.2. The van der Waals surface area contributed by atoms with Gasteiger partial charge in [0.15, 0.2) is 15.6 Å². The minimum Gasteiger partial charge on any atom is -0.468 e. The SMILES string of the molecule is COC(=O)CS(=O)(=O)CC1=C(C)C=C2C(=O)[C@](C)(O)C3(CC3)C(C)=C21. The van der Waals surface area contributed by atoms with Crippen LogP contribution in [0.1, 0.15) is 33.6 Å². The van der Waals surface area contributed by atoms with Gasteiger partial charge >= 0.3 is 5.97 Å². The fourth-order valence-corrected chi connectivity index (χ4v) is 5.50. The fraction of sp³-hybridized carbons (Fsp3) is 0.556. The summed E-state index contributed by atoms with van der Waals surface area (Å²) in [6.45, 7) is 5.16. The monoisotopic (exact) mass is 366 g/mol. The van der Waals surface area contributed by atoms with Gasteiger partial charge in [0.25, 0.3) is 0 Å². The first-order chi connectivity index (χ1) is 11.5. The van der Waals surface area contributed by atoms with Gasteiger partial charge < -0.3 is 9.84 Å². The Bertz CT molecular complexity index is 879. The van der Waals surface area contributed by atoms with E-state index >= 15 is 0 Å². The van der Waals surface area contributed by atoms with E-state index in [1.807, 2.05) is 6.92 Å². The highest BCUT2D eigenvalue weighted by Crippen LogP contribution is 2.64. The Morgan fingerprint density at radius 2 is 1.92 bits per heavy atom. The second kappa shape index (κ2) is 5.38. The number of rotatable bonds is 4. The van der Waals surface area contributed by atoms with Crippen LogP contribution in [0.2, 0.25) is 0 Å². The normalized spacial score (nSPS) is 27.6. The van der Waals surface area contributed by atoms with Crippen molar-refractivity contribution in [3.8, 4) is 0 Å². The average Bonchev–Trinajstić information content (AvgIpc) is 3.26. The summed E-state index contributed by atoms with van der Waals surface area (Å²) in [5, 5.41) is 10.8. The van der Waals surface area contributed by atoms with Crippen molar-refractivity contribution in [3.63, 3.8) is 0 Å². The fourth-order valence-electron chi connectivity index (χ4n) is 4.11. The van der Waals surface area contributed by atoms with Crippen molar-refractivity contribution in [2.45, 2.75) is 39.2 Å². The minimum atomic E-state index is -3.72. The molecule has 7 heteroatoms. The van der Waals surface area contributed by atoms with E-state index < -0.39 is 32.6 Å². The molecule has 0 aliphatic heterocycles. The molecule has 1 fully saturated rings. The maximum Gasteiger partial charge on any atom is 0.320 e. The van der Waals surface area contributed by atoms with Gasteiger partial charge in [0, 0.05) is 11.0 Å². The van der Waals surface area contributed by atoms with E-state index in [-0.39, 0.29) is 11.5 Å². The van der Waals surface area contributed by atoms with Crippen molar-refractivity contribution in [3.05, 3.63) is 33.9 Å². The van der Waals surface area contributed by atoms with Crippen LogP contribution in [0.15, 0.2) is 33.9 Å². The van der Waals surface area contributed by atoms with Gasteiger partial charge in [-0.2, -0.15) is 0 Å². The van der Waals surface area contributed by atoms with Gasteiger partial charge in [-0.1, -0.05) is 5.57 Å². The van der Waals surface area contributed by atoms with Crippen molar-refractivity contribution in [2.24, 2.45) is 5.41 Å². The lowest BCUT2D eigenvalue weighted by atomic mass is 9.67. The second-order valence-electron chi connectivity index (χ2n) is 7.31. The molecule has 1 atom stereocenters. The van der Waals surface area contributed by atoms with Crippen molar-refractivity contribution < 1.29 is 27.9 Å². The number of hydrogen-bond donors (Lipinski definition) is 1. The minimum absolute atomic E-state index is 0.327. The van der Waals surface area contributed by atoms with Crippen molar-refractivity contribution in [1.82, 2.24) is 0 Å². The van der Waals surface area contributed by atoms with Gasteiger partial charge in [0.05, 0.1) is 12.9 Å². The zero-order valence-electron chi connectivity index (χ0n) is 14.8. The van der Waals surface area contributed by atoms with E-state index in [0.717, 1.165) is 12.7 Å². The van der Waals surface area contributed by atoms with Crippen molar-refractivity contribution >= 4 is 21.6 Å². The van der Waals surface area contributed by atoms with Crippen molar-refractivity contribution in [2.75, 3.05) is 18.6 Å². The van der Waals surface area contributed by atoms with E-state index in [9.17, 15) is 23.1 Å².